The summed E-state index contributed by atoms with van der Waals surface area (Å²) in [6.07, 6.45) is 3.49. The van der Waals surface area contributed by atoms with E-state index < -0.39 is 5.82 Å². The van der Waals surface area contributed by atoms with E-state index >= 15 is 0 Å². The molecule has 0 aliphatic carbocycles. The van der Waals surface area contributed by atoms with E-state index in [-0.39, 0.29) is 17.3 Å². The van der Waals surface area contributed by atoms with Gasteiger partial charge in [0.1, 0.15) is 18.3 Å². The molecule has 0 bridgehead atoms. The lowest BCUT2D eigenvalue weighted by molar-refractivity contribution is -0.138. The highest BCUT2D eigenvalue weighted by atomic mass is 19.1. The zero-order chi connectivity index (χ0) is 29.1. The Balaban J connectivity index is 0.000000956. The summed E-state index contributed by atoms with van der Waals surface area (Å²) in [5.74, 6) is 2.85. The van der Waals surface area contributed by atoms with Gasteiger partial charge in [0.2, 0.25) is 0 Å². The monoisotopic (exact) mass is 541 g/mol. The average Bonchev–Trinajstić information content (AvgIpc) is 2.90. The Morgan fingerprint density at radius 2 is 1.85 bits per heavy atom. The van der Waals surface area contributed by atoms with Crippen molar-refractivity contribution in [1.82, 2.24) is 5.32 Å². The van der Waals surface area contributed by atoms with Crippen LogP contribution in [0.3, 0.4) is 0 Å². The summed E-state index contributed by atoms with van der Waals surface area (Å²) in [6, 6.07) is 14.5. The Labute approximate surface area is 232 Å². The Morgan fingerprint density at radius 1 is 1.13 bits per heavy atom. The third-order valence-electron chi connectivity index (χ3n) is 5.29. The van der Waals surface area contributed by atoms with Crippen LogP contribution in [0.2, 0.25) is 0 Å². The van der Waals surface area contributed by atoms with Crippen LogP contribution in [0.4, 0.5) is 10.1 Å². The molecule has 8 nitrogen and oxygen atoms in total. The van der Waals surface area contributed by atoms with Crippen molar-refractivity contribution < 1.29 is 28.1 Å². The maximum Gasteiger partial charge on any atom is 0.293 e. The highest BCUT2D eigenvalue weighted by Gasteiger charge is 2.15. The van der Waals surface area contributed by atoms with E-state index in [1.807, 2.05) is 46.0 Å². The molecule has 0 aromatic heterocycles. The molecular formula is C30H40FN3O5. The van der Waals surface area contributed by atoms with E-state index in [1.165, 1.54) is 13.2 Å². The Bertz CT molecular complexity index is 1080. The number of nitrogens with zero attached hydrogens (tertiary/aromatic N) is 2. The molecule has 0 aliphatic heterocycles. The van der Waals surface area contributed by atoms with Gasteiger partial charge >= 0.3 is 0 Å². The number of hydrogen-bond acceptors (Lipinski definition) is 8. The standard InChI is InChI=1S/C25H30FN3O3.C5H10O2/c1-28-12-4-14-32-19-22(18-30-2)11-13-29(23-8-5-20(16-27)6-9-23)17-21-7-10-25(31-3)24(26)15-21;1-5(2,3)7-4-6/h5-10,15,22,28H,11-13,17-19H2,1-3H3;4H,1-3H3/t22-;/m1./s1. The molecule has 0 unspecified atom stereocenters. The summed E-state index contributed by atoms with van der Waals surface area (Å²) in [7, 11) is 4.94. The fourth-order valence-electron chi connectivity index (χ4n) is 3.34. The zero-order valence-electron chi connectivity index (χ0n) is 23.8. The summed E-state index contributed by atoms with van der Waals surface area (Å²) in [6.45, 7) is 8.70. The third-order valence-corrected chi connectivity index (χ3v) is 5.29. The quantitative estimate of drug-likeness (QED) is 0.292. The second-order valence-electron chi connectivity index (χ2n) is 9.61. The lowest BCUT2D eigenvalue weighted by atomic mass is 10.1. The number of benzene rings is 2. The van der Waals surface area contributed by atoms with Crippen molar-refractivity contribution in [3.05, 3.63) is 59.4 Å². The first-order chi connectivity index (χ1) is 18.7. The van der Waals surface area contributed by atoms with Crippen molar-refractivity contribution in [2.24, 2.45) is 5.92 Å². The Kier molecular flexibility index (Phi) is 15.7. The highest BCUT2D eigenvalue weighted by molar-refractivity contribution is 5.50. The van der Waals surface area contributed by atoms with Crippen molar-refractivity contribution in [2.45, 2.75) is 39.3 Å². The van der Waals surface area contributed by atoms with Crippen LogP contribution in [0.15, 0.2) is 42.5 Å². The predicted octanol–water partition coefficient (Wildman–Crippen LogP) is 4.52. The number of carbonyl (C=O) groups excluding carboxylic acids is 1. The molecule has 9 heteroatoms. The van der Waals surface area contributed by atoms with E-state index in [9.17, 15) is 9.18 Å². The number of nitrogens with one attached hydrogen (secondary N) is 1. The lowest BCUT2D eigenvalue weighted by Gasteiger charge is -2.27. The van der Waals surface area contributed by atoms with Gasteiger partial charge in [-0.15, -0.1) is 0 Å². The largest absolute Gasteiger partial charge is 0.494 e. The molecule has 0 radical (unpaired) electrons. The minimum absolute atomic E-state index is 0.150. The smallest absolute Gasteiger partial charge is 0.293 e. The topological polar surface area (TPSA) is 93.0 Å². The number of anilines is 1. The number of methoxy groups -OCH3 is 2. The summed E-state index contributed by atoms with van der Waals surface area (Å²) >= 11 is 0. The normalized spacial score (nSPS) is 11.0. The number of carbonyl (C=O) groups is 1. The third kappa shape index (κ3) is 14.1. The van der Waals surface area contributed by atoms with Crippen molar-refractivity contribution in [3.63, 3.8) is 0 Å². The molecule has 0 amide bonds. The molecule has 2 aromatic carbocycles. The van der Waals surface area contributed by atoms with Gasteiger partial charge < -0.3 is 29.2 Å². The molecule has 39 heavy (non-hydrogen) atoms. The van der Waals surface area contributed by atoms with Crippen LogP contribution in [0.5, 0.6) is 5.75 Å². The van der Waals surface area contributed by atoms with Crippen LogP contribution in [-0.4, -0.2) is 59.6 Å². The van der Waals surface area contributed by atoms with E-state index in [1.54, 1.807) is 25.3 Å². The molecule has 2 aromatic rings. The van der Waals surface area contributed by atoms with Crippen LogP contribution in [0, 0.1) is 35.1 Å². The van der Waals surface area contributed by atoms with Crippen LogP contribution in [0.1, 0.15) is 38.3 Å². The van der Waals surface area contributed by atoms with E-state index in [0.29, 0.717) is 44.9 Å². The average molecular weight is 542 g/mol. The van der Waals surface area contributed by atoms with Crippen molar-refractivity contribution in [3.8, 4) is 23.8 Å². The van der Waals surface area contributed by atoms with Crippen molar-refractivity contribution >= 4 is 12.2 Å². The SMILES string of the molecule is CC(C)(C)OC=O.CNCC#COC[C@H](CCN(Cc1ccc(OC)c(F)c1)c1ccc(C#N)cc1)COC. The van der Waals surface area contributed by atoms with Crippen LogP contribution >= 0.6 is 0 Å². The van der Waals surface area contributed by atoms with Gasteiger partial charge in [-0.25, -0.2) is 4.39 Å². The molecule has 0 aliphatic rings. The molecular weight excluding hydrogens is 501 g/mol. The second-order valence-corrected chi connectivity index (χ2v) is 9.61. The molecule has 0 spiro atoms. The molecule has 0 fully saturated rings. The number of halogens is 1. The Hall–Kier alpha value is -3.79. The van der Waals surface area contributed by atoms with Crippen LogP contribution in [-0.2, 0) is 25.5 Å². The number of hydrogen-bond donors (Lipinski definition) is 1. The number of nitriles is 1. The molecule has 0 heterocycles. The van der Waals surface area contributed by atoms with Crippen LogP contribution < -0.4 is 15.0 Å². The highest BCUT2D eigenvalue weighted by Crippen LogP contribution is 2.23. The number of ether oxygens (including phenoxy) is 4. The summed E-state index contributed by atoms with van der Waals surface area (Å²) in [5, 5.41) is 12.0. The minimum atomic E-state index is -0.393. The first-order valence-electron chi connectivity index (χ1n) is 12.6. The molecule has 212 valence electrons. The Morgan fingerprint density at radius 3 is 2.36 bits per heavy atom. The van der Waals surface area contributed by atoms with Crippen molar-refractivity contribution in [1.29, 1.82) is 5.26 Å². The van der Waals surface area contributed by atoms with Gasteiger partial charge in [-0.1, -0.05) is 6.07 Å². The van der Waals surface area contributed by atoms with E-state index in [2.05, 4.69) is 33.0 Å². The van der Waals surface area contributed by atoms with Gasteiger partial charge in [0.05, 0.1) is 31.9 Å². The van der Waals surface area contributed by atoms with Crippen molar-refractivity contribution in [2.75, 3.05) is 52.5 Å². The summed E-state index contributed by atoms with van der Waals surface area (Å²) in [5.41, 5.74) is 2.05. The second kappa shape index (κ2) is 18.5. The van der Waals surface area contributed by atoms with Gasteiger partial charge in [0.15, 0.2) is 11.6 Å². The minimum Gasteiger partial charge on any atom is -0.494 e. The number of rotatable bonds is 13. The fraction of sp³-hybridized carbons (Fsp3) is 0.467. The lowest BCUT2D eigenvalue weighted by Crippen LogP contribution is -2.28. The molecule has 0 saturated carbocycles. The van der Waals surface area contributed by atoms with Gasteiger partial charge in [-0.2, -0.15) is 5.26 Å². The van der Waals surface area contributed by atoms with Gasteiger partial charge in [0, 0.05) is 31.8 Å². The first kappa shape index (κ1) is 33.2. The fourth-order valence-corrected chi connectivity index (χ4v) is 3.34. The first-order valence-corrected chi connectivity index (χ1v) is 12.6. The molecule has 1 N–H and O–H groups in total. The molecule has 2 rings (SSSR count). The van der Waals surface area contributed by atoms with E-state index in [4.69, 9.17) is 19.5 Å². The van der Waals surface area contributed by atoms with Gasteiger partial charge in [-0.05, 0) is 82.1 Å². The maximum absolute atomic E-state index is 14.2. The predicted molar refractivity (Wildman–Crippen MR) is 150 cm³/mol. The van der Waals surface area contributed by atoms with Crippen LogP contribution in [0.25, 0.3) is 0 Å². The summed E-state index contributed by atoms with van der Waals surface area (Å²) < 4.78 is 34.6. The molecule has 1 atom stereocenters. The zero-order valence-corrected chi connectivity index (χ0v) is 23.8. The molecule has 0 saturated heterocycles. The summed E-state index contributed by atoms with van der Waals surface area (Å²) in [4.78, 5) is 11.7. The van der Waals surface area contributed by atoms with E-state index in [0.717, 1.165) is 17.7 Å². The van der Waals surface area contributed by atoms with Gasteiger partial charge in [0.25, 0.3) is 6.47 Å². The van der Waals surface area contributed by atoms with Gasteiger partial charge in [-0.3, -0.25) is 4.79 Å². The maximum atomic E-state index is 14.2.